The second-order valence-corrected chi connectivity index (χ2v) is 6.52. The third-order valence-electron chi connectivity index (χ3n) is 3.70. The summed E-state index contributed by atoms with van der Waals surface area (Å²) >= 11 is 1.20. The number of carbonyl (C=O) groups excluding carboxylic acids is 2. The lowest BCUT2D eigenvalue weighted by atomic mass is 10.1. The van der Waals surface area contributed by atoms with Crippen molar-refractivity contribution < 1.29 is 9.59 Å². The van der Waals surface area contributed by atoms with E-state index >= 15 is 0 Å². The second-order valence-electron chi connectivity index (χ2n) is 5.43. The van der Waals surface area contributed by atoms with Crippen LogP contribution in [0.25, 0.3) is 0 Å². The maximum atomic E-state index is 12.6. The highest BCUT2D eigenvalue weighted by atomic mass is 32.1. The molecule has 0 bridgehead atoms. The fourth-order valence-corrected chi connectivity index (χ4v) is 3.25. The smallest absolute Gasteiger partial charge is 0.262 e. The van der Waals surface area contributed by atoms with Gasteiger partial charge in [-0.15, -0.1) is 11.3 Å². The fourth-order valence-electron chi connectivity index (χ4n) is 2.45. The highest BCUT2D eigenvalue weighted by Crippen LogP contribution is 2.23. The minimum Gasteiger partial charge on any atom is -0.337 e. The Hall–Kier alpha value is -2.73. The number of benzene rings is 1. The Morgan fingerprint density at radius 1 is 1.12 bits per heavy atom. The summed E-state index contributed by atoms with van der Waals surface area (Å²) in [7, 11) is 1.89. The fraction of sp³-hybridized carbons (Fsp3) is 0.167. The Morgan fingerprint density at radius 2 is 1.83 bits per heavy atom. The van der Waals surface area contributed by atoms with Crippen LogP contribution in [0.3, 0.4) is 0 Å². The van der Waals surface area contributed by atoms with E-state index in [0.29, 0.717) is 9.75 Å². The first kappa shape index (κ1) is 16.1. The van der Waals surface area contributed by atoms with E-state index in [4.69, 9.17) is 0 Å². The molecular formula is C18H17N3O2S. The van der Waals surface area contributed by atoms with Crippen LogP contribution in [-0.2, 0) is 7.05 Å². The van der Waals surface area contributed by atoms with Gasteiger partial charge in [0.25, 0.3) is 5.91 Å². The number of carbonyl (C=O) groups is 2. The number of nitrogens with one attached hydrogen (secondary N) is 1. The molecule has 0 aliphatic carbocycles. The number of hydrogen-bond acceptors (Lipinski definition) is 4. The molecular weight excluding hydrogens is 322 g/mol. The van der Waals surface area contributed by atoms with E-state index < -0.39 is 0 Å². The summed E-state index contributed by atoms with van der Waals surface area (Å²) in [5.74, 6) is 0.491. The minimum atomic E-state index is -0.360. The average molecular weight is 339 g/mol. The molecule has 2 heterocycles. The maximum absolute atomic E-state index is 12.6. The lowest BCUT2D eigenvalue weighted by Crippen LogP contribution is -2.30. The predicted molar refractivity (Wildman–Crippen MR) is 93.3 cm³/mol. The van der Waals surface area contributed by atoms with Crippen molar-refractivity contribution in [2.45, 2.75) is 13.0 Å². The molecule has 1 aromatic carbocycles. The Balaban J connectivity index is 1.90. The van der Waals surface area contributed by atoms with E-state index in [9.17, 15) is 9.59 Å². The molecule has 1 amide bonds. The third kappa shape index (κ3) is 3.28. The van der Waals surface area contributed by atoms with Crippen LogP contribution < -0.4 is 5.32 Å². The van der Waals surface area contributed by atoms with Crippen molar-refractivity contribution in [1.82, 2.24) is 14.9 Å². The molecule has 3 aromatic rings. The molecule has 3 rings (SSSR count). The van der Waals surface area contributed by atoms with Crippen molar-refractivity contribution in [2.75, 3.05) is 0 Å². The number of hydrogen-bond donors (Lipinski definition) is 1. The molecule has 5 nitrogen and oxygen atoms in total. The largest absolute Gasteiger partial charge is 0.337 e. The van der Waals surface area contributed by atoms with E-state index in [2.05, 4.69) is 10.3 Å². The molecule has 0 radical (unpaired) electrons. The van der Waals surface area contributed by atoms with Gasteiger partial charge < -0.3 is 9.88 Å². The van der Waals surface area contributed by atoms with E-state index in [1.165, 1.54) is 18.3 Å². The van der Waals surface area contributed by atoms with Crippen molar-refractivity contribution >= 4 is 23.0 Å². The summed E-state index contributed by atoms with van der Waals surface area (Å²) in [5, 5.41) is 3.02. The van der Waals surface area contributed by atoms with Crippen molar-refractivity contribution in [2.24, 2.45) is 7.05 Å². The number of imidazole rings is 1. The normalized spacial score (nSPS) is 11.9. The Kier molecular flexibility index (Phi) is 4.57. The molecule has 0 aliphatic rings. The van der Waals surface area contributed by atoms with Crippen LogP contribution in [-0.4, -0.2) is 21.2 Å². The second kappa shape index (κ2) is 6.80. The summed E-state index contributed by atoms with van der Waals surface area (Å²) in [6.07, 6.45) is 3.55. The molecule has 0 aliphatic heterocycles. The van der Waals surface area contributed by atoms with Gasteiger partial charge in [0.2, 0.25) is 0 Å². The zero-order valence-electron chi connectivity index (χ0n) is 13.4. The van der Waals surface area contributed by atoms with E-state index in [0.717, 1.165) is 11.4 Å². The number of nitrogens with zero attached hydrogens (tertiary/aromatic N) is 2. The predicted octanol–water partition coefficient (Wildman–Crippen LogP) is 3.20. The molecule has 0 saturated heterocycles. The van der Waals surface area contributed by atoms with Crippen LogP contribution in [0.5, 0.6) is 0 Å². The van der Waals surface area contributed by atoms with Crippen molar-refractivity contribution in [1.29, 1.82) is 0 Å². The van der Waals surface area contributed by atoms with Crippen LogP contribution in [0.1, 0.15) is 43.7 Å². The number of ketones is 1. The minimum absolute atomic E-state index is 0.0391. The van der Waals surface area contributed by atoms with Gasteiger partial charge in [0.1, 0.15) is 11.9 Å². The van der Waals surface area contributed by atoms with E-state index in [1.54, 1.807) is 18.3 Å². The van der Waals surface area contributed by atoms with Crippen molar-refractivity contribution in [3.63, 3.8) is 0 Å². The monoisotopic (exact) mass is 339 g/mol. The molecule has 0 unspecified atom stereocenters. The number of amides is 1. The van der Waals surface area contributed by atoms with E-state index in [-0.39, 0.29) is 17.7 Å². The zero-order valence-corrected chi connectivity index (χ0v) is 14.2. The number of aromatic nitrogens is 2. The van der Waals surface area contributed by atoms with Crippen molar-refractivity contribution in [3.8, 4) is 0 Å². The van der Waals surface area contributed by atoms with Crippen LogP contribution in [0, 0.1) is 0 Å². The van der Waals surface area contributed by atoms with E-state index in [1.807, 2.05) is 48.1 Å². The van der Waals surface area contributed by atoms with Gasteiger partial charge >= 0.3 is 0 Å². The molecule has 2 aromatic heterocycles. The lowest BCUT2D eigenvalue weighted by Gasteiger charge is -2.18. The first-order valence-electron chi connectivity index (χ1n) is 7.50. The standard InChI is InChI=1S/C18H17N3O2S/c1-12(22)14-8-9-15(24-14)18(23)20-16(13-6-4-3-5-7-13)17-19-10-11-21(17)2/h3-11,16H,1-2H3,(H,20,23)/t16-/m1/s1. The maximum Gasteiger partial charge on any atom is 0.262 e. The number of aryl methyl sites for hydroxylation is 1. The van der Waals surface area contributed by atoms with Gasteiger partial charge in [-0.25, -0.2) is 4.98 Å². The quantitative estimate of drug-likeness (QED) is 0.726. The third-order valence-corrected chi connectivity index (χ3v) is 4.89. The van der Waals surface area contributed by atoms with Gasteiger partial charge in [0.15, 0.2) is 5.78 Å². The molecule has 24 heavy (non-hydrogen) atoms. The average Bonchev–Trinajstić information content (AvgIpc) is 3.22. The van der Waals surface area contributed by atoms with Crippen molar-refractivity contribution in [3.05, 3.63) is 76.0 Å². The van der Waals surface area contributed by atoms with Crippen LogP contribution in [0.2, 0.25) is 0 Å². The molecule has 6 heteroatoms. The van der Waals surface area contributed by atoms with Crippen LogP contribution >= 0.6 is 11.3 Å². The molecule has 122 valence electrons. The first-order chi connectivity index (χ1) is 11.6. The van der Waals surface area contributed by atoms with Gasteiger partial charge in [-0.1, -0.05) is 30.3 Å². The van der Waals surface area contributed by atoms with Gasteiger partial charge in [-0.2, -0.15) is 0 Å². The first-order valence-corrected chi connectivity index (χ1v) is 8.31. The van der Waals surface area contributed by atoms with Gasteiger partial charge in [0, 0.05) is 19.4 Å². The Morgan fingerprint density at radius 3 is 2.42 bits per heavy atom. The highest BCUT2D eigenvalue weighted by molar-refractivity contribution is 7.15. The molecule has 0 saturated carbocycles. The Bertz CT molecular complexity index is 867. The molecule has 1 atom stereocenters. The SMILES string of the molecule is CC(=O)c1ccc(C(=O)N[C@H](c2ccccc2)c2nccn2C)s1. The van der Waals surface area contributed by atoms with Gasteiger partial charge in [-0.05, 0) is 24.6 Å². The molecule has 0 spiro atoms. The lowest BCUT2D eigenvalue weighted by molar-refractivity contribution is 0.0944. The summed E-state index contributed by atoms with van der Waals surface area (Å²) in [6.45, 7) is 1.49. The Labute approximate surface area is 144 Å². The molecule has 1 N–H and O–H groups in total. The zero-order chi connectivity index (χ0) is 17.1. The summed E-state index contributed by atoms with van der Waals surface area (Å²) < 4.78 is 1.88. The highest BCUT2D eigenvalue weighted by Gasteiger charge is 2.22. The summed E-state index contributed by atoms with van der Waals surface area (Å²) in [5.41, 5.74) is 0.948. The summed E-state index contributed by atoms with van der Waals surface area (Å²) in [4.78, 5) is 29.5. The van der Waals surface area contributed by atoms with Crippen LogP contribution in [0.4, 0.5) is 0 Å². The van der Waals surface area contributed by atoms with Gasteiger partial charge in [-0.3, -0.25) is 9.59 Å². The number of thiophene rings is 1. The number of Topliss-reactive ketones (excluding diaryl/α,β-unsaturated/α-hetero) is 1. The number of rotatable bonds is 5. The van der Waals surface area contributed by atoms with Gasteiger partial charge in [0.05, 0.1) is 9.75 Å². The topological polar surface area (TPSA) is 64.0 Å². The molecule has 0 fully saturated rings. The van der Waals surface area contributed by atoms with Crippen LogP contribution in [0.15, 0.2) is 54.9 Å². The summed E-state index contributed by atoms with van der Waals surface area (Å²) in [6, 6.07) is 12.7.